The molecule has 9 heteroatoms. The molecule has 1 heterocycles. The van der Waals surface area contributed by atoms with Gasteiger partial charge < -0.3 is 5.11 Å². The molecule has 0 aliphatic heterocycles. The van der Waals surface area contributed by atoms with Crippen molar-refractivity contribution in [1.29, 1.82) is 0 Å². The van der Waals surface area contributed by atoms with Crippen molar-refractivity contribution in [3.63, 3.8) is 0 Å². The second-order valence-corrected chi connectivity index (χ2v) is 4.29. The normalized spacial score (nSPS) is 11.5. The first-order valence-electron chi connectivity index (χ1n) is 5.33. The van der Waals surface area contributed by atoms with Crippen LogP contribution in [0.3, 0.4) is 0 Å². The smallest absolute Gasteiger partial charge is 0.434 e. The second kappa shape index (κ2) is 5.28. The summed E-state index contributed by atoms with van der Waals surface area (Å²) in [5.41, 5.74) is -2.62. The first-order valence-corrected chi connectivity index (χ1v) is 5.71. The van der Waals surface area contributed by atoms with Crippen LogP contribution in [-0.4, -0.2) is 21.0 Å². The summed E-state index contributed by atoms with van der Waals surface area (Å²) in [6, 6.07) is 3.13. The number of halogens is 5. The van der Waals surface area contributed by atoms with Crippen LogP contribution in [0.4, 0.5) is 17.6 Å². The number of aromatic carboxylic acids is 1. The number of carboxylic acids is 1. The Hall–Kier alpha value is -2.22. The minimum absolute atomic E-state index is 0.0313. The number of rotatable bonds is 2. The van der Waals surface area contributed by atoms with Gasteiger partial charge in [-0.15, -0.1) is 0 Å². The standard InChI is InChI=1S/C12H5ClF4N2O2/c13-7-3-5(1-2-8(7)14)10-18-4-6(11(20)21)9(19-10)12(15,16)17/h1-4H,(H,20,21). The third-order valence-corrected chi connectivity index (χ3v) is 2.76. The fraction of sp³-hybridized carbons (Fsp3) is 0.0833. The molecule has 1 aromatic heterocycles. The molecule has 2 rings (SSSR count). The van der Waals surface area contributed by atoms with Gasteiger partial charge in [0.25, 0.3) is 0 Å². The monoisotopic (exact) mass is 320 g/mol. The summed E-state index contributed by atoms with van der Waals surface area (Å²) in [7, 11) is 0. The van der Waals surface area contributed by atoms with Crippen molar-refractivity contribution in [3.8, 4) is 11.4 Å². The number of hydrogen-bond donors (Lipinski definition) is 1. The SMILES string of the molecule is O=C(O)c1cnc(-c2ccc(F)c(Cl)c2)nc1C(F)(F)F. The summed E-state index contributed by atoms with van der Waals surface area (Å²) in [5, 5.41) is 8.41. The molecule has 0 aliphatic carbocycles. The lowest BCUT2D eigenvalue weighted by atomic mass is 10.1. The highest BCUT2D eigenvalue weighted by Crippen LogP contribution is 2.32. The summed E-state index contributed by atoms with van der Waals surface area (Å²) in [6.07, 6.45) is -4.42. The molecule has 21 heavy (non-hydrogen) atoms. The highest BCUT2D eigenvalue weighted by molar-refractivity contribution is 6.31. The summed E-state index contributed by atoms with van der Waals surface area (Å²) < 4.78 is 51.4. The van der Waals surface area contributed by atoms with Crippen LogP contribution in [0.2, 0.25) is 5.02 Å². The van der Waals surface area contributed by atoms with Crippen molar-refractivity contribution in [2.45, 2.75) is 6.18 Å². The number of nitrogens with zero attached hydrogens (tertiary/aromatic N) is 2. The van der Waals surface area contributed by atoms with E-state index in [1.165, 1.54) is 0 Å². The quantitative estimate of drug-likeness (QED) is 0.858. The van der Waals surface area contributed by atoms with Crippen LogP contribution in [0.5, 0.6) is 0 Å². The predicted octanol–water partition coefficient (Wildman–Crippen LogP) is 3.65. The first-order chi connectivity index (χ1) is 9.70. The first kappa shape index (κ1) is 15.2. The van der Waals surface area contributed by atoms with Gasteiger partial charge in [0.15, 0.2) is 11.5 Å². The average molecular weight is 321 g/mol. The van der Waals surface area contributed by atoms with Crippen molar-refractivity contribution in [3.05, 3.63) is 46.5 Å². The number of benzene rings is 1. The zero-order chi connectivity index (χ0) is 15.8. The second-order valence-electron chi connectivity index (χ2n) is 3.89. The molecule has 110 valence electrons. The van der Waals surface area contributed by atoms with E-state index in [4.69, 9.17) is 16.7 Å². The van der Waals surface area contributed by atoms with Crippen molar-refractivity contribution in [1.82, 2.24) is 9.97 Å². The van der Waals surface area contributed by atoms with Gasteiger partial charge in [0.05, 0.1) is 5.02 Å². The van der Waals surface area contributed by atoms with Gasteiger partial charge >= 0.3 is 12.1 Å². The Morgan fingerprint density at radius 1 is 1.29 bits per heavy atom. The van der Waals surface area contributed by atoms with Crippen LogP contribution in [0.15, 0.2) is 24.4 Å². The van der Waals surface area contributed by atoms with E-state index in [-0.39, 0.29) is 10.6 Å². The van der Waals surface area contributed by atoms with Crippen LogP contribution in [-0.2, 0) is 6.18 Å². The van der Waals surface area contributed by atoms with E-state index in [2.05, 4.69) is 9.97 Å². The Labute approximate surface area is 120 Å². The predicted molar refractivity (Wildman–Crippen MR) is 64.4 cm³/mol. The zero-order valence-electron chi connectivity index (χ0n) is 9.95. The largest absolute Gasteiger partial charge is 0.478 e. The van der Waals surface area contributed by atoms with Crippen molar-refractivity contribution in [2.24, 2.45) is 0 Å². The molecule has 0 amide bonds. The molecule has 0 bridgehead atoms. The van der Waals surface area contributed by atoms with Crippen molar-refractivity contribution in [2.75, 3.05) is 0 Å². The summed E-state index contributed by atoms with van der Waals surface area (Å²) in [5.74, 6) is -2.96. The third kappa shape index (κ3) is 3.10. The highest BCUT2D eigenvalue weighted by Gasteiger charge is 2.38. The molecule has 1 aromatic carbocycles. The van der Waals surface area contributed by atoms with Gasteiger partial charge in [0, 0.05) is 11.8 Å². The van der Waals surface area contributed by atoms with Gasteiger partial charge in [-0.3, -0.25) is 0 Å². The fourth-order valence-corrected chi connectivity index (χ4v) is 1.71. The maximum atomic E-state index is 13.0. The molecule has 0 spiro atoms. The number of aromatic nitrogens is 2. The van der Waals surface area contributed by atoms with Crippen LogP contribution in [0, 0.1) is 5.82 Å². The number of carboxylic acid groups (broad SMARTS) is 1. The maximum Gasteiger partial charge on any atom is 0.434 e. The van der Waals surface area contributed by atoms with Crippen LogP contribution in [0.1, 0.15) is 16.1 Å². The average Bonchev–Trinajstić information content (AvgIpc) is 2.40. The molecular weight excluding hydrogens is 316 g/mol. The molecular formula is C12H5ClF4N2O2. The topological polar surface area (TPSA) is 63.1 Å². The Morgan fingerprint density at radius 2 is 1.95 bits per heavy atom. The van der Waals surface area contributed by atoms with Gasteiger partial charge in [0.2, 0.25) is 0 Å². The Bertz CT molecular complexity index is 719. The van der Waals surface area contributed by atoms with Gasteiger partial charge in [-0.1, -0.05) is 11.6 Å². The van der Waals surface area contributed by atoms with Crippen LogP contribution in [0.25, 0.3) is 11.4 Å². The van der Waals surface area contributed by atoms with Crippen molar-refractivity contribution >= 4 is 17.6 Å². The molecule has 0 aliphatic rings. The van der Waals surface area contributed by atoms with Crippen LogP contribution >= 0.6 is 11.6 Å². The molecule has 0 unspecified atom stereocenters. The Kier molecular flexibility index (Phi) is 3.82. The summed E-state index contributed by atoms with van der Waals surface area (Å²) >= 11 is 5.53. The third-order valence-electron chi connectivity index (χ3n) is 2.47. The number of alkyl halides is 3. The Balaban J connectivity index is 2.61. The van der Waals surface area contributed by atoms with Crippen LogP contribution < -0.4 is 0 Å². The molecule has 0 atom stereocenters. The minimum Gasteiger partial charge on any atom is -0.478 e. The lowest BCUT2D eigenvalue weighted by molar-refractivity contribution is -0.141. The lowest BCUT2D eigenvalue weighted by Gasteiger charge is -2.10. The maximum absolute atomic E-state index is 13.0. The molecule has 0 saturated heterocycles. The van der Waals surface area contributed by atoms with Gasteiger partial charge in [-0.2, -0.15) is 13.2 Å². The fourth-order valence-electron chi connectivity index (χ4n) is 1.53. The van der Waals surface area contributed by atoms with E-state index < -0.39 is 35.0 Å². The summed E-state index contributed by atoms with van der Waals surface area (Å²) in [4.78, 5) is 17.5. The van der Waals surface area contributed by atoms with E-state index in [0.717, 1.165) is 18.2 Å². The summed E-state index contributed by atoms with van der Waals surface area (Å²) in [6.45, 7) is 0. The van der Waals surface area contributed by atoms with E-state index in [1.807, 2.05) is 0 Å². The van der Waals surface area contributed by atoms with E-state index >= 15 is 0 Å². The van der Waals surface area contributed by atoms with Crippen molar-refractivity contribution < 1.29 is 27.5 Å². The van der Waals surface area contributed by atoms with Gasteiger partial charge in [-0.05, 0) is 18.2 Å². The molecule has 0 fully saturated rings. The number of carbonyl (C=O) groups is 1. The van der Waals surface area contributed by atoms with Gasteiger partial charge in [-0.25, -0.2) is 19.2 Å². The zero-order valence-corrected chi connectivity index (χ0v) is 10.7. The molecule has 0 saturated carbocycles. The van der Waals surface area contributed by atoms with E-state index in [1.54, 1.807) is 0 Å². The van der Waals surface area contributed by atoms with E-state index in [0.29, 0.717) is 6.20 Å². The molecule has 1 N–H and O–H groups in total. The highest BCUT2D eigenvalue weighted by atomic mass is 35.5. The Morgan fingerprint density at radius 3 is 2.48 bits per heavy atom. The van der Waals surface area contributed by atoms with E-state index in [9.17, 15) is 22.4 Å². The molecule has 0 radical (unpaired) electrons. The van der Waals surface area contributed by atoms with Gasteiger partial charge in [0.1, 0.15) is 11.4 Å². The lowest BCUT2D eigenvalue weighted by Crippen LogP contribution is -2.16. The number of hydrogen-bond acceptors (Lipinski definition) is 3. The minimum atomic E-state index is -4.96. The molecule has 2 aromatic rings. The molecule has 4 nitrogen and oxygen atoms in total.